The zero-order valence-corrected chi connectivity index (χ0v) is 15.5. The molecule has 5 nitrogen and oxygen atoms in total. The lowest BCUT2D eigenvalue weighted by Gasteiger charge is -2.24. The van der Waals surface area contributed by atoms with Gasteiger partial charge in [0.1, 0.15) is 5.71 Å². The van der Waals surface area contributed by atoms with Gasteiger partial charge >= 0.3 is 0 Å². The summed E-state index contributed by atoms with van der Waals surface area (Å²) in [5, 5.41) is 8.41. The van der Waals surface area contributed by atoms with Gasteiger partial charge in [0.15, 0.2) is 0 Å². The molecule has 1 heterocycles. The van der Waals surface area contributed by atoms with Crippen molar-refractivity contribution in [3.63, 3.8) is 0 Å². The van der Waals surface area contributed by atoms with Crippen molar-refractivity contribution in [1.82, 2.24) is 5.32 Å². The van der Waals surface area contributed by atoms with E-state index in [9.17, 15) is 9.59 Å². The van der Waals surface area contributed by atoms with Crippen LogP contribution in [0.4, 0.5) is 5.69 Å². The Balaban J connectivity index is 1.70. The Morgan fingerprint density at radius 2 is 1.93 bits per heavy atom. The molecule has 0 aliphatic carbocycles. The van der Waals surface area contributed by atoms with E-state index in [0.29, 0.717) is 17.8 Å². The fraction of sp³-hybridized carbons (Fsp3) is 0.227. The predicted octanol–water partition coefficient (Wildman–Crippen LogP) is 2.95. The van der Waals surface area contributed by atoms with E-state index >= 15 is 0 Å². The first-order valence-electron chi connectivity index (χ1n) is 8.84. The number of carbonyl (C=O) groups excluding carboxylic acids is 2. The van der Waals surface area contributed by atoms with Gasteiger partial charge in [0.25, 0.3) is 5.91 Å². The minimum Gasteiger partial charge on any atom is -0.340 e. The number of aryl methyl sites for hydroxylation is 2. The second-order valence-electron chi connectivity index (χ2n) is 6.39. The topological polar surface area (TPSA) is 61.8 Å². The number of anilines is 1. The lowest BCUT2D eigenvalue weighted by Crippen LogP contribution is -2.39. The summed E-state index contributed by atoms with van der Waals surface area (Å²) in [5.74, 6) is 5.51. The lowest BCUT2D eigenvalue weighted by atomic mass is 10.1. The number of benzene rings is 2. The molecular formula is C22H21N3O2. The highest BCUT2D eigenvalue weighted by Gasteiger charge is 2.26. The highest BCUT2D eigenvalue weighted by molar-refractivity contribution is 6.40. The molecule has 136 valence electrons. The Hall–Kier alpha value is -3.39. The first kappa shape index (κ1) is 18.4. The van der Waals surface area contributed by atoms with Crippen molar-refractivity contribution < 1.29 is 9.59 Å². The summed E-state index contributed by atoms with van der Waals surface area (Å²) in [6.45, 7) is 4.11. The SMILES string of the molecule is Cc1ccc(C)c(N2N=C(C(=O)NCC#Cc3ccccc3)CCC2=O)c1. The maximum absolute atomic E-state index is 12.4. The van der Waals surface area contributed by atoms with Crippen molar-refractivity contribution >= 4 is 23.2 Å². The lowest BCUT2D eigenvalue weighted by molar-refractivity contribution is -0.118. The van der Waals surface area contributed by atoms with Crippen LogP contribution >= 0.6 is 0 Å². The highest BCUT2D eigenvalue weighted by Crippen LogP contribution is 2.25. The van der Waals surface area contributed by atoms with Crippen LogP contribution in [0, 0.1) is 25.7 Å². The molecule has 0 saturated heterocycles. The van der Waals surface area contributed by atoms with E-state index in [4.69, 9.17) is 0 Å². The van der Waals surface area contributed by atoms with Gasteiger partial charge in [0, 0.05) is 18.4 Å². The van der Waals surface area contributed by atoms with E-state index in [0.717, 1.165) is 16.7 Å². The minimum absolute atomic E-state index is 0.107. The standard InChI is InChI=1S/C22H21N3O2/c1-16-10-11-17(2)20(15-16)25-21(26)13-12-19(24-25)22(27)23-14-6-9-18-7-4-3-5-8-18/h3-5,7-8,10-11,15H,12-14H2,1-2H3,(H,23,27). The first-order chi connectivity index (χ1) is 13.0. The van der Waals surface area contributed by atoms with Crippen LogP contribution in [0.15, 0.2) is 53.6 Å². The molecule has 0 aromatic heterocycles. The quantitative estimate of drug-likeness (QED) is 0.857. The zero-order valence-electron chi connectivity index (χ0n) is 15.5. The summed E-state index contributed by atoms with van der Waals surface area (Å²) >= 11 is 0. The summed E-state index contributed by atoms with van der Waals surface area (Å²) in [6.07, 6.45) is 0.591. The number of hydrogen-bond donors (Lipinski definition) is 1. The van der Waals surface area contributed by atoms with Gasteiger partial charge in [-0.1, -0.05) is 42.2 Å². The molecule has 0 unspecified atom stereocenters. The molecule has 3 rings (SSSR count). The fourth-order valence-corrected chi connectivity index (χ4v) is 2.75. The summed E-state index contributed by atoms with van der Waals surface area (Å²) in [7, 11) is 0. The highest BCUT2D eigenvalue weighted by atomic mass is 16.2. The van der Waals surface area contributed by atoms with Gasteiger partial charge in [0.05, 0.1) is 12.2 Å². The van der Waals surface area contributed by atoms with Gasteiger partial charge in [-0.25, -0.2) is 5.01 Å². The number of nitrogens with zero attached hydrogens (tertiary/aromatic N) is 2. The number of carbonyl (C=O) groups is 2. The van der Waals surface area contributed by atoms with Gasteiger partial charge in [-0.05, 0) is 43.2 Å². The largest absolute Gasteiger partial charge is 0.340 e. The van der Waals surface area contributed by atoms with Crippen LogP contribution in [0.5, 0.6) is 0 Å². The van der Waals surface area contributed by atoms with Crippen molar-refractivity contribution in [2.24, 2.45) is 5.10 Å². The molecule has 2 aromatic rings. The molecule has 5 heteroatoms. The first-order valence-corrected chi connectivity index (χ1v) is 8.84. The molecule has 0 spiro atoms. The number of nitrogens with one attached hydrogen (secondary N) is 1. The van der Waals surface area contributed by atoms with E-state index in [-0.39, 0.29) is 24.8 Å². The third-order valence-corrected chi connectivity index (χ3v) is 4.23. The van der Waals surface area contributed by atoms with E-state index in [1.54, 1.807) is 0 Å². The van der Waals surface area contributed by atoms with Gasteiger partial charge in [-0.3, -0.25) is 9.59 Å². The van der Waals surface area contributed by atoms with Crippen molar-refractivity contribution in [1.29, 1.82) is 0 Å². The molecule has 0 radical (unpaired) electrons. The number of rotatable bonds is 3. The van der Waals surface area contributed by atoms with E-state index in [1.807, 2.05) is 62.4 Å². The molecule has 27 heavy (non-hydrogen) atoms. The van der Waals surface area contributed by atoms with E-state index in [1.165, 1.54) is 5.01 Å². The zero-order chi connectivity index (χ0) is 19.2. The fourth-order valence-electron chi connectivity index (χ4n) is 2.75. The third kappa shape index (κ3) is 4.62. The van der Waals surface area contributed by atoms with Gasteiger partial charge in [-0.15, -0.1) is 0 Å². The maximum atomic E-state index is 12.4. The molecule has 0 saturated carbocycles. The van der Waals surface area contributed by atoms with Crippen molar-refractivity contribution in [2.75, 3.05) is 11.6 Å². The molecule has 1 aliphatic heterocycles. The molecule has 2 aromatic carbocycles. The molecule has 2 amide bonds. The molecular weight excluding hydrogens is 338 g/mol. The van der Waals surface area contributed by atoms with E-state index in [2.05, 4.69) is 22.3 Å². The second-order valence-corrected chi connectivity index (χ2v) is 6.39. The molecule has 0 atom stereocenters. The van der Waals surface area contributed by atoms with Gasteiger partial charge < -0.3 is 5.32 Å². The Morgan fingerprint density at radius 3 is 2.70 bits per heavy atom. The molecule has 0 bridgehead atoms. The smallest absolute Gasteiger partial charge is 0.268 e. The summed E-state index contributed by atoms with van der Waals surface area (Å²) in [6, 6.07) is 15.4. The minimum atomic E-state index is -0.292. The van der Waals surface area contributed by atoms with Crippen LogP contribution in [0.1, 0.15) is 29.5 Å². The number of hydrazone groups is 1. The number of hydrogen-bond acceptors (Lipinski definition) is 3. The molecule has 1 aliphatic rings. The van der Waals surface area contributed by atoms with Crippen molar-refractivity contribution in [2.45, 2.75) is 26.7 Å². The average Bonchev–Trinajstić information content (AvgIpc) is 2.68. The summed E-state index contributed by atoms with van der Waals surface area (Å²) in [5.41, 5.74) is 3.93. The Labute approximate surface area is 159 Å². The van der Waals surface area contributed by atoms with Crippen LogP contribution < -0.4 is 10.3 Å². The predicted molar refractivity (Wildman–Crippen MR) is 106 cm³/mol. The monoisotopic (exact) mass is 359 g/mol. The Morgan fingerprint density at radius 1 is 1.15 bits per heavy atom. The summed E-state index contributed by atoms with van der Waals surface area (Å²) < 4.78 is 0. The van der Waals surface area contributed by atoms with Crippen LogP contribution in [-0.4, -0.2) is 24.1 Å². The van der Waals surface area contributed by atoms with Crippen molar-refractivity contribution in [3.05, 3.63) is 65.2 Å². The summed E-state index contributed by atoms with van der Waals surface area (Å²) in [4.78, 5) is 24.7. The van der Waals surface area contributed by atoms with Crippen LogP contribution in [-0.2, 0) is 9.59 Å². The van der Waals surface area contributed by atoms with Crippen LogP contribution in [0.25, 0.3) is 0 Å². The van der Waals surface area contributed by atoms with Crippen LogP contribution in [0.3, 0.4) is 0 Å². The molecule has 0 fully saturated rings. The third-order valence-electron chi connectivity index (χ3n) is 4.23. The maximum Gasteiger partial charge on any atom is 0.268 e. The number of amides is 2. The van der Waals surface area contributed by atoms with Gasteiger partial charge in [-0.2, -0.15) is 5.10 Å². The van der Waals surface area contributed by atoms with Crippen molar-refractivity contribution in [3.8, 4) is 11.8 Å². The van der Waals surface area contributed by atoms with E-state index < -0.39 is 0 Å². The Kier molecular flexibility index (Phi) is 5.68. The van der Waals surface area contributed by atoms with Gasteiger partial charge in [0.2, 0.25) is 5.91 Å². The second kappa shape index (κ2) is 8.33. The average molecular weight is 359 g/mol. The normalized spacial score (nSPS) is 13.5. The molecule has 1 N–H and O–H groups in total. The Bertz CT molecular complexity index is 953. The van der Waals surface area contributed by atoms with Crippen LogP contribution in [0.2, 0.25) is 0 Å².